The molecule has 1 heterocycles. The topological polar surface area (TPSA) is 84.9 Å². The maximum Gasteiger partial charge on any atom is 0.326 e. The maximum atomic E-state index is 12.2. The SMILES string of the molecule is CCOc1ccc(NC(=O)C(C)OC(=O)CN2CCCCCC2=O)cc1. The third-order valence-electron chi connectivity index (χ3n) is 4.10. The fraction of sp³-hybridized carbons (Fsp3) is 0.526. The second kappa shape index (κ2) is 9.79. The number of ether oxygens (including phenoxy) is 2. The van der Waals surface area contributed by atoms with Gasteiger partial charge in [0.1, 0.15) is 12.3 Å². The van der Waals surface area contributed by atoms with E-state index in [1.807, 2.05) is 6.92 Å². The van der Waals surface area contributed by atoms with Crippen LogP contribution in [0.5, 0.6) is 5.75 Å². The molecule has 1 aliphatic heterocycles. The molecule has 1 saturated heterocycles. The van der Waals surface area contributed by atoms with Crippen molar-refractivity contribution in [1.29, 1.82) is 0 Å². The lowest BCUT2D eigenvalue weighted by molar-refractivity contribution is -0.156. The molecule has 1 N–H and O–H groups in total. The van der Waals surface area contributed by atoms with Crippen LogP contribution in [0.15, 0.2) is 24.3 Å². The van der Waals surface area contributed by atoms with E-state index in [-0.39, 0.29) is 12.5 Å². The number of amides is 2. The Morgan fingerprint density at radius 3 is 2.62 bits per heavy atom. The van der Waals surface area contributed by atoms with Crippen molar-refractivity contribution in [2.24, 2.45) is 0 Å². The molecule has 0 saturated carbocycles. The molecule has 142 valence electrons. The third-order valence-corrected chi connectivity index (χ3v) is 4.10. The molecule has 1 aliphatic rings. The summed E-state index contributed by atoms with van der Waals surface area (Å²) in [5, 5.41) is 2.69. The van der Waals surface area contributed by atoms with Gasteiger partial charge in [0, 0.05) is 18.7 Å². The molecular formula is C19H26N2O5. The fourth-order valence-corrected chi connectivity index (χ4v) is 2.69. The molecule has 0 aromatic heterocycles. The number of carbonyl (C=O) groups excluding carboxylic acids is 3. The van der Waals surface area contributed by atoms with Gasteiger partial charge in [-0.2, -0.15) is 0 Å². The second-order valence-electron chi connectivity index (χ2n) is 6.20. The van der Waals surface area contributed by atoms with Gasteiger partial charge in [-0.25, -0.2) is 0 Å². The van der Waals surface area contributed by atoms with E-state index in [2.05, 4.69) is 5.32 Å². The van der Waals surface area contributed by atoms with Crippen molar-refractivity contribution < 1.29 is 23.9 Å². The number of hydrogen-bond donors (Lipinski definition) is 1. The van der Waals surface area contributed by atoms with E-state index in [0.717, 1.165) is 19.3 Å². The summed E-state index contributed by atoms with van der Waals surface area (Å²) in [6, 6.07) is 6.93. The Kier molecular flexibility index (Phi) is 7.44. The number of rotatable bonds is 7. The first-order valence-electron chi connectivity index (χ1n) is 9.00. The molecule has 1 atom stereocenters. The highest BCUT2D eigenvalue weighted by Gasteiger charge is 2.23. The van der Waals surface area contributed by atoms with Gasteiger partial charge in [0.15, 0.2) is 6.10 Å². The Bertz CT molecular complexity index is 629. The largest absolute Gasteiger partial charge is 0.494 e. The summed E-state index contributed by atoms with van der Waals surface area (Å²) in [5.74, 6) is -0.322. The van der Waals surface area contributed by atoms with E-state index >= 15 is 0 Å². The molecule has 1 unspecified atom stereocenters. The fourth-order valence-electron chi connectivity index (χ4n) is 2.69. The number of nitrogens with one attached hydrogen (secondary N) is 1. The Morgan fingerprint density at radius 1 is 1.19 bits per heavy atom. The van der Waals surface area contributed by atoms with Gasteiger partial charge in [0.25, 0.3) is 5.91 Å². The van der Waals surface area contributed by atoms with Gasteiger partial charge in [-0.15, -0.1) is 0 Å². The average molecular weight is 362 g/mol. The van der Waals surface area contributed by atoms with Crippen LogP contribution >= 0.6 is 0 Å². The number of anilines is 1. The van der Waals surface area contributed by atoms with Crippen molar-refractivity contribution in [2.45, 2.75) is 45.6 Å². The predicted octanol–water partition coefficient (Wildman–Crippen LogP) is 2.36. The highest BCUT2D eigenvalue weighted by atomic mass is 16.5. The molecule has 7 heteroatoms. The van der Waals surface area contributed by atoms with Crippen LogP contribution in [0.25, 0.3) is 0 Å². The molecule has 0 radical (unpaired) electrons. The zero-order valence-electron chi connectivity index (χ0n) is 15.3. The van der Waals surface area contributed by atoms with Gasteiger partial charge in [0.05, 0.1) is 6.61 Å². The molecule has 0 spiro atoms. The van der Waals surface area contributed by atoms with Crippen LogP contribution in [-0.2, 0) is 19.1 Å². The minimum Gasteiger partial charge on any atom is -0.494 e. The molecular weight excluding hydrogens is 336 g/mol. The van der Waals surface area contributed by atoms with E-state index in [9.17, 15) is 14.4 Å². The minimum absolute atomic E-state index is 0.0362. The van der Waals surface area contributed by atoms with Crippen molar-refractivity contribution in [3.05, 3.63) is 24.3 Å². The van der Waals surface area contributed by atoms with Crippen LogP contribution in [0.2, 0.25) is 0 Å². The monoisotopic (exact) mass is 362 g/mol. The lowest BCUT2D eigenvalue weighted by atomic mass is 10.2. The van der Waals surface area contributed by atoms with Crippen LogP contribution in [0.1, 0.15) is 39.5 Å². The second-order valence-corrected chi connectivity index (χ2v) is 6.20. The van der Waals surface area contributed by atoms with Gasteiger partial charge < -0.3 is 19.7 Å². The molecule has 0 aliphatic carbocycles. The Morgan fingerprint density at radius 2 is 1.92 bits per heavy atom. The first-order valence-corrected chi connectivity index (χ1v) is 9.00. The number of nitrogens with zero attached hydrogens (tertiary/aromatic N) is 1. The Labute approximate surface area is 153 Å². The van der Waals surface area contributed by atoms with Crippen molar-refractivity contribution in [3.63, 3.8) is 0 Å². The maximum absolute atomic E-state index is 12.2. The highest BCUT2D eigenvalue weighted by molar-refractivity contribution is 5.95. The molecule has 2 amide bonds. The molecule has 1 aromatic rings. The number of likely N-dealkylation sites (tertiary alicyclic amines) is 1. The van der Waals surface area contributed by atoms with Crippen molar-refractivity contribution in [1.82, 2.24) is 4.90 Å². The number of carbonyl (C=O) groups is 3. The first-order chi connectivity index (χ1) is 12.5. The molecule has 7 nitrogen and oxygen atoms in total. The summed E-state index contributed by atoms with van der Waals surface area (Å²) in [6.45, 7) is 4.41. The zero-order chi connectivity index (χ0) is 18.9. The van der Waals surface area contributed by atoms with Crippen LogP contribution in [0.3, 0.4) is 0 Å². The Hall–Kier alpha value is -2.57. The van der Waals surface area contributed by atoms with Crippen molar-refractivity contribution >= 4 is 23.5 Å². The number of esters is 1. The number of benzene rings is 1. The van der Waals surface area contributed by atoms with Gasteiger partial charge in [0.2, 0.25) is 5.91 Å². The molecule has 1 aromatic carbocycles. The standard InChI is InChI=1S/C19H26N2O5/c1-3-25-16-10-8-15(9-11-16)20-19(24)14(2)26-18(23)13-21-12-6-4-5-7-17(21)22/h8-11,14H,3-7,12-13H2,1-2H3,(H,20,24). The van der Waals surface area contributed by atoms with Gasteiger partial charge in [-0.3, -0.25) is 14.4 Å². The van der Waals surface area contributed by atoms with E-state index < -0.39 is 18.0 Å². The summed E-state index contributed by atoms with van der Waals surface area (Å²) in [7, 11) is 0. The van der Waals surface area contributed by atoms with Crippen molar-refractivity contribution in [3.8, 4) is 5.75 Å². The predicted molar refractivity (Wildman–Crippen MR) is 96.8 cm³/mol. The molecule has 26 heavy (non-hydrogen) atoms. The first kappa shape index (κ1) is 19.8. The molecule has 0 bridgehead atoms. The summed E-state index contributed by atoms with van der Waals surface area (Å²) in [4.78, 5) is 37.6. The quantitative estimate of drug-likeness (QED) is 0.753. The van der Waals surface area contributed by atoms with Gasteiger partial charge >= 0.3 is 5.97 Å². The van der Waals surface area contributed by atoms with E-state index in [0.29, 0.717) is 31.0 Å². The smallest absolute Gasteiger partial charge is 0.326 e. The summed E-state index contributed by atoms with van der Waals surface area (Å²) < 4.78 is 10.5. The average Bonchev–Trinajstić information content (AvgIpc) is 2.81. The zero-order valence-corrected chi connectivity index (χ0v) is 15.3. The van der Waals surface area contributed by atoms with E-state index in [4.69, 9.17) is 9.47 Å². The van der Waals surface area contributed by atoms with Crippen LogP contribution in [0.4, 0.5) is 5.69 Å². The molecule has 1 fully saturated rings. The highest BCUT2D eigenvalue weighted by Crippen LogP contribution is 2.16. The number of hydrogen-bond acceptors (Lipinski definition) is 5. The normalized spacial score (nSPS) is 15.8. The lowest BCUT2D eigenvalue weighted by Gasteiger charge is -2.20. The Balaban J connectivity index is 1.81. The van der Waals surface area contributed by atoms with Gasteiger partial charge in [-0.1, -0.05) is 6.42 Å². The van der Waals surface area contributed by atoms with Crippen LogP contribution in [0, 0.1) is 0 Å². The summed E-state index contributed by atoms with van der Waals surface area (Å²) >= 11 is 0. The van der Waals surface area contributed by atoms with E-state index in [1.165, 1.54) is 11.8 Å². The lowest BCUT2D eigenvalue weighted by Crippen LogP contribution is -2.38. The van der Waals surface area contributed by atoms with Crippen LogP contribution in [-0.4, -0.2) is 48.5 Å². The summed E-state index contributed by atoms with van der Waals surface area (Å²) in [6.07, 6.45) is 2.23. The van der Waals surface area contributed by atoms with Crippen molar-refractivity contribution in [2.75, 3.05) is 25.0 Å². The third kappa shape index (κ3) is 6.06. The minimum atomic E-state index is -0.948. The van der Waals surface area contributed by atoms with Gasteiger partial charge in [-0.05, 0) is 51.0 Å². The molecule has 2 rings (SSSR count). The van der Waals surface area contributed by atoms with E-state index in [1.54, 1.807) is 24.3 Å². The van der Waals surface area contributed by atoms with Crippen LogP contribution < -0.4 is 10.1 Å². The summed E-state index contributed by atoms with van der Waals surface area (Å²) in [5.41, 5.74) is 0.587.